The van der Waals surface area contributed by atoms with Gasteiger partial charge >= 0.3 is 6.09 Å². The van der Waals surface area contributed by atoms with Crippen molar-refractivity contribution in [1.82, 2.24) is 15.7 Å². The molecule has 2 aromatic carbocycles. The van der Waals surface area contributed by atoms with Crippen LogP contribution < -0.4 is 10.6 Å². The van der Waals surface area contributed by atoms with Crippen LogP contribution in [0.15, 0.2) is 60.7 Å². The van der Waals surface area contributed by atoms with E-state index in [0.717, 1.165) is 18.7 Å². The third-order valence-electron chi connectivity index (χ3n) is 6.21. The molecule has 35 heavy (non-hydrogen) atoms. The number of amides is 3. The van der Waals surface area contributed by atoms with Gasteiger partial charge in [0.1, 0.15) is 5.60 Å². The molecule has 1 aliphatic heterocycles. The maximum absolute atomic E-state index is 13.2. The minimum absolute atomic E-state index is 0.186. The van der Waals surface area contributed by atoms with Crippen molar-refractivity contribution in [1.29, 1.82) is 0 Å². The molecule has 3 amide bonds. The highest BCUT2D eigenvalue weighted by atomic mass is 16.7. The topological polar surface area (TPSA) is 97.0 Å². The van der Waals surface area contributed by atoms with Crippen molar-refractivity contribution in [2.75, 3.05) is 20.2 Å². The molecule has 1 unspecified atom stereocenters. The van der Waals surface area contributed by atoms with Crippen molar-refractivity contribution in [3.63, 3.8) is 0 Å². The summed E-state index contributed by atoms with van der Waals surface area (Å²) < 4.78 is 5.61. The van der Waals surface area contributed by atoms with Gasteiger partial charge in [-0.3, -0.25) is 19.7 Å². The van der Waals surface area contributed by atoms with Gasteiger partial charge in [-0.1, -0.05) is 48.5 Å². The van der Waals surface area contributed by atoms with E-state index in [1.807, 2.05) is 36.4 Å². The van der Waals surface area contributed by atoms with Gasteiger partial charge in [0.05, 0.1) is 13.2 Å². The predicted molar refractivity (Wildman–Crippen MR) is 132 cm³/mol. The molecular formula is C27H35N3O5. The molecule has 1 saturated heterocycles. The normalized spacial score (nSPS) is 15.2. The summed E-state index contributed by atoms with van der Waals surface area (Å²) in [5.74, 6) is -0.742. The maximum atomic E-state index is 13.2. The minimum Gasteiger partial charge on any atom is -0.443 e. The Morgan fingerprint density at radius 3 is 2.23 bits per heavy atom. The van der Waals surface area contributed by atoms with Crippen LogP contribution in [0.2, 0.25) is 0 Å². The van der Waals surface area contributed by atoms with Crippen molar-refractivity contribution in [2.24, 2.45) is 5.92 Å². The molecule has 1 heterocycles. The maximum Gasteiger partial charge on any atom is 0.414 e. The van der Waals surface area contributed by atoms with Crippen LogP contribution in [0.3, 0.4) is 0 Å². The molecule has 188 valence electrons. The molecule has 2 aromatic rings. The van der Waals surface area contributed by atoms with Gasteiger partial charge in [-0.2, -0.15) is 0 Å². The van der Waals surface area contributed by atoms with E-state index in [1.165, 1.54) is 12.2 Å². The third-order valence-corrected chi connectivity index (χ3v) is 6.21. The van der Waals surface area contributed by atoms with Crippen LogP contribution in [0.1, 0.15) is 61.5 Å². The highest BCUT2D eigenvalue weighted by molar-refractivity contribution is 5.94. The second-order valence-corrected chi connectivity index (χ2v) is 9.31. The molecule has 0 saturated carbocycles. The smallest absolute Gasteiger partial charge is 0.414 e. The number of rotatable bonds is 9. The monoisotopic (exact) mass is 481 g/mol. The summed E-state index contributed by atoms with van der Waals surface area (Å²) >= 11 is 0. The molecule has 0 radical (unpaired) electrons. The van der Waals surface area contributed by atoms with Gasteiger partial charge in [0.15, 0.2) is 0 Å². The summed E-state index contributed by atoms with van der Waals surface area (Å²) in [5.41, 5.74) is 0.544. The number of benzene rings is 2. The first kappa shape index (κ1) is 26.4. The lowest BCUT2D eigenvalue weighted by molar-refractivity contribution is -0.130. The minimum atomic E-state index is -0.874. The molecule has 1 atom stereocenters. The fourth-order valence-electron chi connectivity index (χ4n) is 4.25. The quantitative estimate of drug-likeness (QED) is 0.520. The second-order valence-electron chi connectivity index (χ2n) is 9.31. The van der Waals surface area contributed by atoms with Crippen molar-refractivity contribution in [2.45, 2.75) is 51.2 Å². The third kappa shape index (κ3) is 7.63. The average Bonchev–Trinajstić information content (AvgIpc) is 2.87. The fourth-order valence-corrected chi connectivity index (χ4v) is 4.25. The zero-order chi connectivity index (χ0) is 25.3. The van der Waals surface area contributed by atoms with Crippen molar-refractivity contribution < 1.29 is 24.0 Å². The largest absolute Gasteiger partial charge is 0.443 e. The lowest BCUT2D eigenvalue weighted by Crippen LogP contribution is -2.43. The summed E-state index contributed by atoms with van der Waals surface area (Å²) in [6.45, 7) is 5.11. The molecule has 3 rings (SSSR count). The van der Waals surface area contributed by atoms with Crippen molar-refractivity contribution >= 4 is 17.9 Å². The number of imide groups is 1. The van der Waals surface area contributed by atoms with E-state index >= 15 is 0 Å². The average molecular weight is 482 g/mol. The van der Waals surface area contributed by atoms with Gasteiger partial charge in [-0.05, 0) is 70.3 Å². The number of hydrogen-bond donors (Lipinski definition) is 2. The predicted octanol–water partition coefficient (Wildman–Crippen LogP) is 4.24. The first-order valence-electron chi connectivity index (χ1n) is 12.0. The number of hydroxylamine groups is 2. The fraction of sp³-hybridized carbons (Fsp3) is 0.444. The van der Waals surface area contributed by atoms with Gasteiger partial charge in [0.2, 0.25) is 5.91 Å². The van der Waals surface area contributed by atoms with E-state index in [0.29, 0.717) is 31.2 Å². The Balaban J connectivity index is 1.67. The number of nitrogens with one attached hydrogen (secondary N) is 2. The Morgan fingerprint density at radius 1 is 1.03 bits per heavy atom. The molecule has 0 bridgehead atoms. The number of alkyl carbamates (subject to hydrolysis) is 1. The highest BCUT2D eigenvalue weighted by Gasteiger charge is 2.32. The Bertz CT molecular complexity index is 975. The Labute approximate surface area is 206 Å². The summed E-state index contributed by atoms with van der Waals surface area (Å²) in [6.07, 6.45) is 1.55. The number of hydrogen-bond acceptors (Lipinski definition) is 6. The number of carbonyl (C=O) groups excluding carboxylic acids is 3. The first-order chi connectivity index (χ1) is 16.8. The van der Waals surface area contributed by atoms with E-state index in [9.17, 15) is 14.4 Å². The zero-order valence-corrected chi connectivity index (χ0v) is 20.7. The van der Waals surface area contributed by atoms with E-state index in [2.05, 4.69) is 10.6 Å². The Kier molecular flexibility index (Phi) is 9.39. The molecule has 0 aliphatic carbocycles. The summed E-state index contributed by atoms with van der Waals surface area (Å²) in [6, 6.07) is 18.1. The summed E-state index contributed by atoms with van der Waals surface area (Å²) in [4.78, 5) is 43.6. The summed E-state index contributed by atoms with van der Waals surface area (Å²) in [5, 5.41) is 6.94. The highest BCUT2D eigenvalue weighted by Crippen LogP contribution is 2.31. The standard InChI is InChI=1S/C27H35N3O5/c1-27(2,35-26(33)29-24(31)21-15-18-28-19-16-21)17-14-23(20-10-6-4-7-11-20)30(34-3)25(32)22-12-8-5-9-13-22/h4-13,21,23,28H,14-19H2,1-3H3,(H,29,31,33). The van der Waals surface area contributed by atoms with Gasteiger partial charge in [0.25, 0.3) is 5.91 Å². The van der Waals surface area contributed by atoms with Crippen molar-refractivity contribution in [3.05, 3.63) is 71.8 Å². The number of carbonyl (C=O) groups is 3. The van der Waals surface area contributed by atoms with Crippen LogP contribution in [0.5, 0.6) is 0 Å². The van der Waals surface area contributed by atoms with Crippen LogP contribution >= 0.6 is 0 Å². The van der Waals surface area contributed by atoms with Crippen LogP contribution in [-0.4, -0.2) is 48.8 Å². The van der Waals surface area contributed by atoms with E-state index < -0.39 is 17.7 Å². The molecule has 1 fully saturated rings. The van der Waals surface area contributed by atoms with E-state index in [4.69, 9.17) is 9.57 Å². The molecule has 8 nitrogen and oxygen atoms in total. The molecule has 0 aromatic heterocycles. The molecule has 8 heteroatoms. The number of piperidine rings is 1. The lowest BCUT2D eigenvalue weighted by atomic mass is 9.94. The lowest BCUT2D eigenvalue weighted by Gasteiger charge is -2.33. The Morgan fingerprint density at radius 2 is 1.63 bits per heavy atom. The van der Waals surface area contributed by atoms with E-state index in [-0.39, 0.29) is 17.7 Å². The van der Waals surface area contributed by atoms with Crippen LogP contribution in [0.25, 0.3) is 0 Å². The number of ether oxygens (including phenoxy) is 1. The molecular weight excluding hydrogens is 446 g/mol. The van der Waals surface area contributed by atoms with Gasteiger partial charge in [0, 0.05) is 11.5 Å². The number of nitrogens with zero attached hydrogens (tertiary/aromatic N) is 1. The van der Waals surface area contributed by atoms with Gasteiger partial charge in [-0.15, -0.1) is 0 Å². The molecule has 0 spiro atoms. The van der Waals surface area contributed by atoms with Crippen LogP contribution in [0, 0.1) is 5.92 Å². The summed E-state index contributed by atoms with van der Waals surface area (Å²) in [7, 11) is 1.47. The molecule has 1 aliphatic rings. The molecule has 2 N–H and O–H groups in total. The first-order valence-corrected chi connectivity index (χ1v) is 12.0. The zero-order valence-electron chi connectivity index (χ0n) is 20.7. The van der Waals surface area contributed by atoms with Gasteiger partial charge in [-0.25, -0.2) is 9.86 Å². The van der Waals surface area contributed by atoms with Crippen molar-refractivity contribution in [3.8, 4) is 0 Å². The second kappa shape index (κ2) is 12.5. The SMILES string of the molecule is CON(C(=O)c1ccccc1)C(CCC(C)(C)OC(=O)NC(=O)C1CCNCC1)c1ccccc1. The van der Waals surface area contributed by atoms with Crippen LogP contribution in [-0.2, 0) is 14.4 Å². The Hall–Kier alpha value is -3.23. The van der Waals surface area contributed by atoms with Gasteiger partial charge < -0.3 is 10.1 Å². The van der Waals surface area contributed by atoms with E-state index in [1.54, 1.807) is 38.1 Å². The van der Waals surface area contributed by atoms with Crippen LogP contribution in [0.4, 0.5) is 4.79 Å².